The summed E-state index contributed by atoms with van der Waals surface area (Å²) < 4.78 is 127. The Bertz CT molecular complexity index is 2920. The lowest BCUT2D eigenvalue weighted by Crippen LogP contribution is -2.73. The van der Waals surface area contributed by atoms with Gasteiger partial charge in [-0.2, -0.15) is 4.98 Å². The van der Waals surface area contributed by atoms with Crippen LogP contribution < -0.4 is 27.4 Å². The highest BCUT2D eigenvalue weighted by Crippen LogP contribution is 2.52. The van der Waals surface area contributed by atoms with Crippen LogP contribution in [0.2, 0.25) is 0 Å². The lowest BCUT2D eigenvalue weighted by atomic mass is 9.87. The zero-order chi connectivity index (χ0) is 69.5. The number of alkyl halides is 1. The fraction of sp³-hybridized carbons (Fsp3) is 0.691. The molecule has 0 radical (unpaired) electrons. The lowest BCUT2D eigenvalue weighted by molar-refractivity contribution is -0.314. The fourth-order valence-corrected chi connectivity index (χ4v) is 10.2. The minimum atomic E-state index is -5.93. The largest absolute Gasteiger partial charge is 0.677 e. The van der Waals surface area contributed by atoms with Crippen LogP contribution in [0.15, 0.2) is 51.5 Å². The number of carbonyl (C=O) groups excluding carboxylic acids is 3. The summed E-state index contributed by atoms with van der Waals surface area (Å²) >= 11 is 0. The van der Waals surface area contributed by atoms with Crippen molar-refractivity contribution in [2.24, 2.45) is 4.99 Å². The monoisotopic (exact) mass is 1390 g/mol. The first-order chi connectivity index (χ1) is 45.4. The number of rotatable bonds is 48. The summed E-state index contributed by atoms with van der Waals surface area (Å²) in [6.45, 7) is 4.60. The second-order valence-electron chi connectivity index (χ2n) is 21.1. The average molecular weight is 1390 g/mol. The van der Waals surface area contributed by atoms with Crippen LogP contribution in [-0.4, -0.2) is 297 Å². The van der Waals surface area contributed by atoms with E-state index in [9.17, 15) is 77.8 Å². The van der Waals surface area contributed by atoms with Crippen LogP contribution in [0, 0.1) is 0 Å². The van der Waals surface area contributed by atoms with Gasteiger partial charge in [0.1, 0.15) is 55.2 Å². The highest BCUT2D eigenvalue weighted by Gasteiger charge is 2.66. The van der Waals surface area contributed by atoms with Crippen molar-refractivity contribution < 1.29 is 139 Å². The summed E-state index contributed by atoms with van der Waals surface area (Å²) in [5.41, 5.74) is 7.43. The maximum atomic E-state index is 16.1. The minimum absolute atomic E-state index is 0.0396. The van der Waals surface area contributed by atoms with Gasteiger partial charge >= 0.3 is 32.7 Å². The molecule has 2 aromatic rings. The quantitative estimate of drug-likeness (QED) is 0.0173. The molecule has 13 N–H and O–H groups in total. The molecule has 12 atom stereocenters. The van der Waals surface area contributed by atoms with Crippen molar-refractivity contribution in [3.63, 3.8) is 0 Å². The van der Waals surface area contributed by atoms with E-state index in [1.165, 1.54) is 0 Å². The first-order valence-corrected chi connectivity index (χ1v) is 31.6. The molecule has 35 nitrogen and oxygen atoms in total. The molecular weight excluding hydrogens is 1300 g/mol. The molecule has 0 aromatic carbocycles. The molecule has 3 amide bonds. The summed E-state index contributed by atoms with van der Waals surface area (Å²) in [5.74, 6) is -8.44. The number of anilines is 1. The van der Waals surface area contributed by atoms with E-state index in [-0.39, 0.29) is 109 Å². The van der Waals surface area contributed by atoms with Crippen molar-refractivity contribution in [1.29, 1.82) is 0 Å². The van der Waals surface area contributed by atoms with Gasteiger partial charge in [-0.05, 0) is 56.2 Å². The molecule has 0 saturated carbocycles. The number of aryl methyl sites for hydroxylation is 1. The normalized spacial score (nSPS) is 23.6. The number of nitrogens with zero attached hydrogens (tertiary/aromatic N) is 4. The van der Waals surface area contributed by atoms with Gasteiger partial charge in [0.15, 0.2) is 12.4 Å². The zero-order valence-corrected chi connectivity index (χ0v) is 53.2. The number of aliphatic hydroxyl groups excluding tert-OH is 6. The van der Waals surface area contributed by atoms with E-state index < -0.39 is 120 Å². The van der Waals surface area contributed by atoms with Gasteiger partial charge in [0.2, 0.25) is 17.7 Å². The first-order valence-electron chi connectivity index (χ1n) is 30.1. The van der Waals surface area contributed by atoms with E-state index in [0.717, 1.165) is 32.6 Å². The predicted molar refractivity (Wildman–Crippen MR) is 322 cm³/mol. The Morgan fingerprint density at radius 3 is 1.83 bits per heavy atom. The number of carbonyl (C=O) groups is 4. The second-order valence-corrected chi connectivity index (χ2v) is 22.5. The van der Waals surface area contributed by atoms with Gasteiger partial charge in [0.05, 0.1) is 137 Å². The minimum Gasteiger partial charge on any atom is -0.477 e. The van der Waals surface area contributed by atoms with Crippen molar-refractivity contribution in [3.05, 3.63) is 63.6 Å². The van der Waals surface area contributed by atoms with E-state index in [0.29, 0.717) is 69.9 Å². The number of ether oxygens (including phenoxy) is 11. The molecular formula is C55H85BF3N8O27P. The van der Waals surface area contributed by atoms with Gasteiger partial charge in [-0.25, -0.2) is 23.1 Å². The number of nitrogens with two attached hydrogens (primary N) is 1. The maximum absolute atomic E-state index is 16.1. The molecule has 40 heteroatoms. The number of allylic oxidation sites excluding steroid dienone is 2. The number of carboxylic acid groups (broad SMARTS) is 1. The van der Waals surface area contributed by atoms with E-state index >= 15 is 4.39 Å². The zero-order valence-electron chi connectivity index (χ0n) is 52.3. The van der Waals surface area contributed by atoms with Gasteiger partial charge in [-0.15, -0.1) is 0 Å². The second kappa shape index (κ2) is 41.5. The maximum Gasteiger partial charge on any atom is 0.677 e. The van der Waals surface area contributed by atoms with Gasteiger partial charge in [-0.3, -0.25) is 37.1 Å². The van der Waals surface area contributed by atoms with Gasteiger partial charge in [-0.1, -0.05) is 0 Å². The van der Waals surface area contributed by atoms with E-state index in [2.05, 4.69) is 30.5 Å². The summed E-state index contributed by atoms with van der Waals surface area (Å²) in [5, 5.41) is 80.1. The molecule has 2 fully saturated rings. The van der Waals surface area contributed by atoms with Crippen LogP contribution in [-0.2, 0) is 91.3 Å². The average Bonchev–Trinajstić information content (AvgIpc) is 1.53. The fourth-order valence-electron chi connectivity index (χ4n) is 9.27. The highest BCUT2D eigenvalue weighted by atomic mass is 31.2. The molecule has 95 heavy (non-hydrogen) atoms. The summed E-state index contributed by atoms with van der Waals surface area (Å²) in [6, 6.07) is 2.19. The van der Waals surface area contributed by atoms with Crippen LogP contribution in [0.4, 0.5) is 18.8 Å². The van der Waals surface area contributed by atoms with E-state index in [1.54, 1.807) is 18.2 Å². The van der Waals surface area contributed by atoms with Crippen LogP contribution in [0.3, 0.4) is 0 Å². The van der Waals surface area contributed by atoms with Gasteiger partial charge in [0.25, 0.3) is 0 Å². The van der Waals surface area contributed by atoms with Crippen molar-refractivity contribution in [1.82, 2.24) is 30.0 Å². The molecule has 0 aliphatic carbocycles. The Morgan fingerprint density at radius 2 is 1.32 bits per heavy atom. The number of aromatic nitrogens is 3. The van der Waals surface area contributed by atoms with Gasteiger partial charge in [0, 0.05) is 49.2 Å². The third kappa shape index (κ3) is 26.2. The van der Waals surface area contributed by atoms with Crippen LogP contribution in [0.1, 0.15) is 44.3 Å². The molecule has 3 aliphatic heterocycles. The number of hydrogen-bond donors (Lipinski definition) is 12. The molecule has 5 rings (SSSR count). The topological polar surface area (TPSA) is 481 Å². The lowest BCUT2D eigenvalue weighted by Gasteiger charge is -2.48. The summed E-state index contributed by atoms with van der Waals surface area (Å²) in [6.07, 6.45) is -15.6. The number of nitrogen functional groups attached to an aromatic ring is 1. The van der Waals surface area contributed by atoms with Crippen molar-refractivity contribution in [2.75, 3.05) is 151 Å². The van der Waals surface area contributed by atoms with E-state index in [4.69, 9.17) is 62.4 Å². The molecule has 536 valence electrons. The number of carboxylic acids is 1. The smallest absolute Gasteiger partial charge is 0.477 e. The van der Waals surface area contributed by atoms with Crippen molar-refractivity contribution >= 4 is 56.5 Å². The van der Waals surface area contributed by atoms with Gasteiger partial charge < -0.3 is 119 Å². The standard InChI is InChI=1S/C55H85BF3N8O27P/c1-34-29-35(2)63-38(34)30-37-4-3-36(67(37)56(58)59)5-6-42(70)61-9-13-83-16-19-86-22-24-88-26-25-87-23-21-85-18-15-82-12-8-43(71)62-10-14-84-17-20-89-27-28-90-33-44(72)65-45-48(75)51(57)55(53(77)78,93-50(45)46(73)39(69)31-68)94-95(80,81)91-32-40-47(74)49(76)52(92-40)66-11-7-41(60)64-54(66)79/h3-4,7,11,29-30,39-40,45-52,68-69,73-76H,5-6,8-10,12-28,31-33H2,1-2H3,(H,61,70)(H,62,71)(H,65,72)(H,77,78)(H,80,81)(H2,60,64,79)/b38-30-/t39-,40-,45-,46-,47-,48-,49-,50-,51-,52-,55-/m1/s1. The number of hydrogen-bond acceptors (Lipinski definition) is 28. The molecule has 2 saturated heterocycles. The number of amides is 3. The Labute approximate surface area is 543 Å². The number of nitrogens with one attached hydrogen (secondary N) is 3. The Hall–Kier alpha value is -5.73. The molecule has 3 aliphatic rings. The number of aliphatic hydroxyl groups is 6. The molecule has 1 unspecified atom stereocenters. The Balaban J connectivity index is 0.802. The first kappa shape index (κ1) is 80.0. The summed E-state index contributed by atoms with van der Waals surface area (Å²) in [7, 11) is -8.70. The predicted octanol–water partition coefficient (Wildman–Crippen LogP) is -3.60. The molecule has 0 bridgehead atoms. The van der Waals surface area contributed by atoms with Crippen molar-refractivity contribution in [2.45, 2.75) is 100 Å². The molecule has 5 heterocycles. The van der Waals surface area contributed by atoms with Crippen LogP contribution in [0.5, 0.6) is 0 Å². The van der Waals surface area contributed by atoms with Crippen LogP contribution in [0.25, 0.3) is 6.08 Å². The number of aliphatic carboxylic acids is 1. The Morgan fingerprint density at radius 1 is 0.779 bits per heavy atom. The summed E-state index contributed by atoms with van der Waals surface area (Å²) in [4.78, 5) is 80.6. The number of aliphatic imine (C=N–C) groups is 1. The Kier molecular flexibility index (Phi) is 34.9. The molecule has 0 spiro atoms. The number of halogens is 3. The highest BCUT2D eigenvalue weighted by molar-refractivity contribution is 7.47. The number of phosphoric ester groups is 1. The number of phosphoric acid groups is 1. The SMILES string of the molecule is CC1=CC(C)=N/C1=C\c1ccc(CCC(=O)NCCOCCOCCOCCOCCOCCOCCC(=O)NCCOCCOCCOCC(=O)N[C@@H]2[C@@H](O)[C@@H](F)[C@@](OP(=O)(O)OC[C@H]3O[C@@H](n4ccc(N)nc4=O)[C@H](O)[C@@H]3O)(C(=O)O)O[C@H]2[C@H](O)[C@H](O)CO)n1B(F)F. The molecule has 2 aromatic heterocycles. The third-order valence-corrected chi connectivity index (χ3v) is 15.0. The van der Waals surface area contributed by atoms with Crippen molar-refractivity contribution in [3.8, 4) is 0 Å². The third-order valence-electron chi connectivity index (χ3n) is 14.1. The van der Waals surface area contributed by atoms with Crippen LogP contribution >= 0.6 is 7.82 Å². The van der Waals surface area contributed by atoms with E-state index in [1.807, 2.05) is 19.9 Å².